The molecule has 3 aromatic rings. The zero-order chi connectivity index (χ0) is 22.6. The van der Waals surface area contributed by atoms with Crippen LogP contribution in [0.5, 0.6) is 0 Å². The lowest BCUT2D eigenvalue weighted by Gasteiger charge is -2.34. The molecule has 2 heterocycles. The molecule has 2 aromatic carbocycles. The highest BCUT2D eigenvalue weighted by atomic mass is 35.5. The van der Waals surface area contributed by atoms with Gasteiger partial charge in [-0.1, -0.05) is 41.9 Å². The molecule has 32 heavy (non-hydrogen) atoms. The molecule has 0 bridgehead atoms. The van der Waals surface area contributed by atoms with Crippen LogP contribution in [0.3, 0.4) is 0 Å². The molecule has 0 saturated carbocycles. The van der Waals surface area contributed by atoms with E-state index in [0.29, 0.717) is 43.3 Å². The van der Waals surface area contributed by atoms with Crippen molar-refractivity contribution in [1.29, 1.82) is 0 Å². The van der Waals surface area contributed by atoms with Crippen molar-refractivity contribution < 1.29 is 13.2 Å². The number of hydrogen-bond acceptors (Lipinski definition) is 6. The number of nitrogens with zero attached hydrogens (tertiary/aromatic N) is 6. The Labute approximate surface area is 191 Å². The van der Waals surface area contributed by atoms with Crippen LogP contribution in [0.1, 0.15) is 12.8 Å². The maximum Gasteiger partial charge on any atom is 0.243 e. The molecule has 1 aliphatic rings. The monoisotopic (exact) mass is 474 g/mol. The highest BCUT2D eigenvalue weighted by Crippen LogP contribution is 2.20. The average Bonchev–Trinajstić information content (AvgIpc) is 3.29. The summed E-state index contributed by atoms with van der Waals surface area (Å²) in [5.41, 5.74) is 0.890. The van der Waals surface area contributed by atoms with Gasteiger partial charge in [0.1, 0.15) is 0 Å². The van der Waals surface area contributed by atoms with Gasteiger partial charge in [0, 0.05) is 43.2 Å². The lowest BCUT2D eigenvalue weighted by atomic mass is 10.2. The first-order valence-electron chi connectivity index (χ1n) is 10.3. The zero-order valence-electron chi connectivity index (χ0n) is 17.3. The first-order valence-corrected chi connectivity index (χ1v) is 12.1. The first kappa shape index (κ1) is 22.4. The summed E-state index contributed by atoms with van der Waals surface area (Å²) in [5, 5.41) is 12.9. The average molecular weight is 475 g/mol. The molecule has 1 aliphatic heterocycles. The second-order valence-corrected chi connectivity index (χ2v) is 9.79. The summed E-state index contributed by atoms with van der Waals surface area (Å²) in [6.45, 7) is 1.75. The van der Waals surface area contributed by atoms with Crippen LogP contribution in [0.2, 0.25) is 5.02 Å². The Morgan fingerprint density at radius 1 is 0.969 bits per heavy atom. The number of carbonyl (C=O) groups excluding carboxylic acids is 1. The number of hydrogen-bond donors (Lipinski definition) is 0. The summed E-state index contributed by atoms with van der Waals surface area (Å²) in [7, 11) is -3.59. The number of aryl methyl sites for hydroxylation is 1. The summed E-state index contributed by atoms with van der Waals surface area (Å²) in [5.74, 6) is 0.548. The molecule has 1 amide bonds. The summed E-state index contributed by atoms with van der Waals surface area (Å²) in [6, 6.07) is 15.7. The Morgan fingerprint density at radius 2 is 1.66 bits per heavy atom. The topological polar surface area (TPSA) is 101 Å². The van der Waals surface area contributed by atoms with Crippen molar-refractivity contribution >= 4 is 27.5 Å². The number of rotatable bonds is 7. The molecular formula is C21H23ClN6O3S. The molecular weight excluding hydrogens is 452 g/mol. The van der Waals surface area contributed by atoms with Crippen LogP contribution in [0, 0.1) is 0 Å². The fourth-order valence-corrected chi connectivity index (χ4v) is 5.05. The van der Waals surface area contributed by atoms with Gasteiger partial charge in [-0.15, -0.1) is 10.2 Å². The molecule has 0 atom stereocenters. The third kappa shape index (κ3) is 5.14. The van der Waals surface area contributed by atoms with E-state index in [9.17, 15) is 13.2 Å². The number of sulfonamides is 1. The van der Waals surface area contributed by atoms with E-state index in [4.69, 9.17) is 11.6 Å². The largest absolute Gasteiger partial charge is 0.340 e. The predicted molar refractivity (Wildman–Crippen MR) is 119 cm³/mol. The Kier molecular flexibility index (Phi) is 6.83. The van der Waals surface area contributed by atoms with Crippen molar-refractivity contribution in [2.24, 2.45) is 0 Å². The molecule has 1 aromatic heterocycles. The summed E-state index contributed by atoms with van der Waals surface area (Å²) in [4.78, 5) is 16.0. The molecule has 1 fully saturated rings. The van der Waals surface area contributed by atoms with Crippen LogP contribution in [-0.2, 0) is 21.4 Å². The van der Waals surface area contributed by atoms with Crippen molar-refractivity contribution in [3.8, 4) is 11.4 Å². The van der Waals surface area contributed by atoms with Gasteiger partial charge in [-0.05, 0) is 35.9 Å². The van der Waals surface area contributed by atoms with Gasteiger partial charge in [0.2, 0.25) is 21.8 Å². The van der Waals surface area contributed by atoms with Gasteiger partial charge in [-0.3, -0.25) is 4.79 Å². The molecule has 11 heteroatoms. The van der Waals surface area contributed by atoms with E-state index >= 15 is 0 Å². The number of halogens is 1. The smallest absolute Gasteiger partial charge is 0.243 e. The molecule has 0 N–H and O–H groups in total. The second kappa shape index (κ2) is 9.76. The van der Waals surface area contributed by atoms with Gasteiger partial charge in [0.25, 0.3) is 0 Å². The van der Waals surface area contributed by atoms with Crippen LogP contribution < -0.4 is 0 Å². The minimum absolute atomic E-state index is 0.00283. The quantitative estimate of drug-likeness (QED) is 0.520. The fraction of sp³-hybridized carbons (Fsp3) is 0.333. The summed E-state index contributed by atoms with van der Waals surface area (Å²) >= 11 is 5.85. The van der Waals surface area contributed by atoms with Crippen molar-refractivity contribution in [3.05, 3.63) is 59.6 Å². The Morgan fingerprint density at radius 3 is 2.34 bits per heavy atom. The van der Waals surface area contributed by atoms with Crippen molar-refractivity contribution in [2.75, 3.05) is 26.2 Å². The number of tetrazole rings is 1. The zero-order valence-corrected chi connectivity index (χ0v) is 18.9. The predicted octanol–water partition coefficient (Wildman–Crippen LogP) is 2.31. The number of aromatic nitrogens is 4. The standard InChI is InChI=1S/C21H23ClN6O3S/c22-18-8-10-19(11-9-18)32(30,31)27-15-13-26(14-16-27)20(29)7-4-12-28-24-21(23-25-28)17-5-2-1-3-6-17/h1-3,5-6,8-11H,4,7,12-16H2. The van der Waals surface area contributed by atoms with Crippen LogP contribution >= 0.6 is 11.6 Å². The van der Waals surface area contributed by atoms with Gasteiger partial charge in [0.15, 0.2) is 0 Å². The van der Waals surface area contributed by atoms with E-state index in [2.05, 4.69) is 15.4 Å². The lowest BCUT2D eigenvalue weighted by molar-refractivity contribution is -0.132. The molecule has 168 valence electrons. The maximum absolute atomic E-state index is 12.8. The molecule has 0 aliphatic carbocycles. The first-order chi connectivity index (χ1) is 15.4. The third-order valence-corrected chi connectivity index (χ3v) is 7.44. The summed E-state index contributed by atoms with van der Waals surface area (Å²) < 4.78 is 26.9. The molecule has 0 radical (unpaired) electrons. The van der Waals surface area contributed by atoms with E-state index in [1.165, 1.54) is 21.2 Å². The Balaban J connectivity index is 1.24. The highest BCUT2D eigenvalue weighted by molar-refractivity contribution is 7.89. The van der Waals surface area contributed by atoms with E-state index in [1.54, 1.807) is 17.0 Å². The number of benzene rings is 2. The number of carbonyl (C=O) groups is 1. The molecule has 1 saturated heterocycles. The van der Waals surface area contributed by atoms with Crippen LogP contribution in [0.15, 0.2) is 59.5 Å². The summed E-state index contributed by atoms with van der Waals surface area (Å²) in [6.07, 6.45) is 0.916. The van der Waals surface area contributed by atoms with Gasteiger partial charge in [-0.25, -0.2) is 8.42 Å². The third-order valence-electron chi connectivity index (χ3n) is 5.28. The highest BCUT2D eigenvalue weighted by Gasteiger charge is 2.29. The van der Waals surface area contributed by atoms with Gasteiger partial charge in [-0.2, -0.15) is 9.10 Å². The Bertz CT molecular complexity index is 1160. The SMILES string of the molecule is O=C(CCCn1nnc(-c2ccccc2)n1)N1CCN(S(=O)(=O)c2ccc(Cl)cc2)CC1. The van der Waals surface area contributed by atoms with Crippen LogP contribution in [0.25, 0.3) is 11.4 Å². The van der Waals surface area contributed by atoms with E-state index in [1.807, 2.05) is 30.3 Å². The Hall–Kier alpha value is -2.82. The molecule has 0 unspecified atom stereocenters. The van der Waals surface area contributed by atoms with E-state index in [0.717, 1.165) is 5.56 Å². The number of amides is 1. The second-order valence-electron chi connectivity index (χ2n) is 7.42. The van der Waals surface area contributed by atoms with Crippen LogP contribution in [0.4, 0.5) is 0 Å². The molecule has 9 nitrogen and oxygen atoms in total. The van der Waals surface area contributed by atoms with Gasteiger partial charge >= 0.3 is 0 Å². The van der Waals surface area contributed by atoms with Crippen molar-refractivity contribution in [3.63, 3.8) is 0 Å². The van der Waals surface area contributed by atoms with Gasteiger partial charge in [0.05, 0.1) is 11.4 Å². The van der Waals surface area contributed by atoms with E-state index in [-0.39, 0.29) is 23.9 Å². The van der Waals surface area contributed by atoms with Crippen LogP contribution in [-0.4, -0.2) is 69.9 Å². The van der Waals surface area contributed by atoms with Crippen molar-refractivity contribution in [2.45, 2.75) is 24.3 Å². The van der Waals surface area contributed by atoms with Gasteiger partial charge < -0.3 is 4.90 Å². The lowest BCUT2D eigenvalue weighted by Crippen LogP contribution is -2.50. The number of piperazine rings is 1. The van der Waals surface area contributed by atoms with Crippen molar-refractivity contribution in [1.82, 2.24) is 29.4 Å². The minimum Gasteiger partial charge on any atom is -0.340 e. The normalized spacial score (nSPS) is 15.1. The fourth-order valence-electron chi connectivity index (χ4n) is 3.50. The maximum atomic E-state index is 12.8. The molecule has 0 spiro atoms. The minimum atomic E-state index is -3.59. The molecule has 4 rings (SSSR count). The van der Waals surface area contributed by atoms with E-state index < -0.39 is 10.0 Å².